The highest BCUT2D eigenvalue weighted by molar-refractivity contribution is 9.10. The SMILES string of the molecule is Cc1ccc([N+](=O)[O-])c(NCc2cc(Br)ccc2O)c1. The summed E-state index contributed by atoms with van der Waals surface area (Å²) in [4.78, 5) is 10.5. The lowest BCUT2D eigenvalue weighted by molar-refractivity contribution is -0.384. The van der Waals surface area contributed by atoms with Gasteiger partial charge in [-0.25, -0.2) is 0 Å². The molecular weight excluding hydrogens is 324 g/mol. The maximum Gasteiger partial charge on any atom is 0.292 e. The first-order chi connectivity index (χ1) is 9.47. The summed E-state index contributed by atoms with van der Waals surface area (Å²) >= 11 is 3.32. The van der Waals surface area contributed by atoms with Crippen molar-refractivity contribution < 1.29 is 10.0 Å². The average Bonchev–Trinajstić information content (AvgIpc) is 2.39. The zero-order valence-corrected chi connectivity index (χ0v) is 12.3. The molecule has 2 aromatic carbocycles. The lowest BCUT2D eigenvalue weighted by Gasteiger charge is -2.09. The summed E-state index contributed by atoms with van der Waals surface area (Å²) < 4.78 is 0.839. The van der Waals surface area contributed by atoms with E-state index in [0.717, 1.165) is 10.0 Å². The van der Waals surface area contributed by atoms with Crippen LogP contribution in [0.2, 0.25) is 0 Å². The number of nitrogens with one attached hydrogen (secondary N) is 1. The standard InChI is InChI=1S/C14H13BrN2O3/c1-9-2-4-13(17(19)20)12(6-9)16-8-10-7-11(15)3-5-14(10)18/h2-7,16,18H,8H2,1H3. The Morgan fingerprint density at radius 1 is 1.30 bits per heavy atom. The highest BCUT2D eigenvalue weighted by atomic mass is 79.9. The molecule has 0 aliphatic carbocycles. The number of benzene rings is 2. The molecule has 0 atom stereocenters. The molecule has 20 heavy (non-hydrogen) atoms. The minimum Gasteiger partial charge on any atom is -0.508 e. The van der Waals surface area contributed by atoms with Gasteiger partial charge in [-0.3, -0.25) is 10.1 Å². The number of nitro groups is 1. The van der Waals surface area contributed by atoms with E-state index in [1.54, 1.807) is 30.3 Å². The van der Waals surface area contributed by atoms with Crippen LogP contribution in [0.4, 0.5) is 11.4 Å². The second-order valence-corrected chi connectivity index (χ2v) is 5.32. The van der Waals surface area contributed by atoms with Crippen LogP contribution in [-0.4, -0.2) is 10.0 Å². The molecule has 2 aromatic rings. The van der Waals surface area contributed by atoms with Crippen LogP contribution in [-0.2, 0) is 6.54 Å². The number of nitro benzene ring substituents is 1. The van der Waals surface area contributed by atoms with Crippen molar-refractivity contribution in [3.8, 4) is 5.75 Å². The minimum atomic E-state index is -0.428. The molecule has 0 heterocycles. The largest absolute Gasteiger partial charge is 0.508 e. The molecule has 0 bridgehead atoms. The Labute approximate surface area is 124 Å². The Morgan fingerprint density at radius 3 is 2.75 bits per heavy atom. The van der Waals surface area contributed by atoms with Crippen molar-refractivity contribution in [2.75, 3.05) is 5.32 Å². The molecular formula is C14H13BrN2O3. The van der Waals surface area contributed by atoms with Gasteiger partial charge in [0.05, 0.1) is 4.92 Å². The molecule has 0 fully saturated rings. The molecule has 0 saturated carbocycles. The third-order valence-electron chi connectivity index (χ3n) is 2.86. The molecule has 104 valence electrons. The van der Waals surface area contributed by atoms with Crippen LogP contribution in [0.1, 0.15) is 11.1 Å². The lowest BCUT2D eigenvalue weighted by Crippen LogP contribution is -2.03. The Kier molecular flexibility index (Phi) is 4.24. The number of aromatic hydroxyl groups is 1. The molecule has 5 nitrogen and oxygen atoms in total. The maximum absolute atomic E-state index is 11.0. The normalized spacial score (nSPS) is 10.3. The molecule has 0 aliphatic rings. The predicted octanol–water partition coefficient (Wildman–Crippen LogP) is 3.98. The second kappa shape index (κ2) is 5.92. The third-order valence-corrected chi connectivity index (χ3v) is 3.35. The maximum atomic E-state index is 11.0. The Balaban J connectivity index is 2.24. The fraction of sp³-hybridized carbons (Fsp3) is 0.143. The van der Waals surface area contributed by atoms with Crippen molar-refractivity contribution >= 4 is 27.3 Å². The molecule has 0 aromatic heterocycles. The highest BCUT2D eigenvalue weighted by Crippen LogP contribution is 2.28. The number of hydrogen-bond acceptors (Lipinski definition) is 4. The lowest BCUT2D eigenvalue weighted by atomic mass is 10.1. The van der Waals surface area contributed by atoms with Gasteiger partial charge < -0.3 is 10.4 Å². The van der Waals surface area contributed by atoms with Crippen LogP contribution in [0.15, 0.2) is 40.9 Å². The first-order valence-corrected chi connectivity index (χ1v) is 6.73. The van der Waals surface area contributed by atoms with Gasteiger partial charge >= 0.3 is 0 Å². The predicted molar refractivity (Wildman–Crippen MR) is 81.0 cm³/mol. The van der Waals surface area contributed by atoms with Crippen molar-refractivity contribution in [1.82, 2.24) is 0 Å². The molecule has 0 spiro atoms. The Hall–Kier alpha value is -2.08. The van der Waals surface area contributed by atoms with E-state index in [-0.39, 0.29) is 11.4 Å². The fourth-order valence-corrected chi connectivity index (χ4v) is 2.25. The number of phenolic OH excluding ortho intramolecular Hbond substituents is 1. The summed E-state index contributed by atoms with van der Waals surface area (Å²) in [5.41, 5.74) is 2.05. The quantitative estimate of drug-likeness (QED) is 0.654. The van der Waals surface area contributed by atoms with Gasteiger partial charge in [-0.15, -0.1) is 0 Å². The van der Waals surface area contributed by atoms with Crippen LogP contribution < -0.4 is 5.32 Å². The van der Waals surface area contributed by atoms with Crippen molar-refractivity contribution in [3.05, 3.63) is 62.1 Å². The molecule has 0 radical (unpaired) electrons. The van der Waals surface area contributed by atoms with E-state index in [9.17, 15) is 15.2 Å². The van der Waals surface area contributed by atoms with Gasteiger partial charge in [-0.05, 0) is 36.8 Å². The smallest absolute Gasteiger partial charge is 0.292 e. The van der Waals surface area contributed by atoms with Crippen molar-refractivity contribution in [2.24, 2.45) is 0 Å². The van der Waals surface area contributed by atoms with Crippen molar-refractivity contribution in [3.63, 3.8) is 0 Å². The van der Waals surface area contributed by atoms with E-state index in [4.69, 9.17) is 0 Å². The number of anilines is 1. The van der Waals surface area contributed by atoms with Crippen LogP contribution in [0.3, 0.4) is 0 Å². The number of phenols is 1. The number of rotatable bonds is 4. The molecule has 6 heteroatoms. The number of hydrogen-bond donors (Lipinski definition) is 2. The van der Waals surface area contributed by atoms with Crippen LogP contribution >= 0.6 is 15.9 Å². The molecule has 0 unspecified atom stereocenters. The van der Waals surface area contributed by atoms with E-state index >= 15 is 0 Å². The van der Waals surface area contributed by atoms with Gasteiger partial charge in [-0.2, -0.15) is 0 Å². The van der Waals surface area contributed by atoms with E-state index in [1.165, 1.54) is 6.07 Å². The summed E-state index contributed by atoms with van der Waals surface area (Å²) in [7, 11) is 0. The second-order valence-electron chi connectivity index (χ2n) is 4.40. The van der Waals surface area contributed by atoms with E-state index in [2.05, 4.69) is 21.2 Å². The monoisotopic (exact) mass is 336 g/mol. The first-order valence-electron chi connectivity index (χ1n) is 5.93. The summed E-state index contributed by atoms with van der Waals surface area (Å²) in [5.74, 6) is 0.149. The molecule has 0 saturated heterocycles. The minimum absolute atomic E-state index is 0.0186. The Bertz CT molecular complexity index is 659. The molecule has 0 amide bonds. The van der Waals surface area contributed by atoms with E-state index < -0.39 is 4.92 Å². The van der Waals surface area contributed by atoms with Gasteiger partial charge in [-0.1, -0.05) is 22.0 Å². The van der Waals surface area contributed by atoms with Crippen molar-refractivity contribution in [1.29, 1.82) is 0 Å². The first kappa shape index (κ1) is 14.3. The molecule has 2 rings (SSSR count). The highest BCUT2D eigenvalue weighted by Gasteiger charge is 2.13. The van der Waals surface area contributed by atoms with E-state index in [0.29, 0.717) is 17.8 Å². The third kappa shape index (κ3) is 3.27. The topological polar surface area (TPSA) is 75.4 Å². The summed E-state index contributed by atoms with van der Waals surface area (Å²) in [6.07, 6.45) is 0. The van der Waals surface area contributed by atoms with Gasteiger partial charge in [0.25, 0.3) is 5.69 Å². The van der Waals surface area contributed by atoms with Crippen LogP contribution in [0.5, 0.6) is 5.75 Å². The average molecular weight is 337 g/mol. The molecule has 0 aliphatic heterocycles. The fourth-order valence-electron chi connectivity index (χ4n) is 1.84. The van der Waals surface area contributed by atoms with Crippen LogP contribution in [0, 0.1) is 17.0 Å². The van der Waals surface area contributed by atoms with Crippen LogP contribution in [0.25, 0.3) is 0 Å². The van der Waals surface area contributed by atoms with Crippen molar-refractivity contribution in [2.45, 2.75) is 13.5 Å². The summed E-state index contributed by atoms with van der Waals surface area (Å²) in [6, 6.07) is 9.95. The van der Waals surface area contributed by atoms with Gasteiger partial charge in [0.15, 0.2) is 0 Å². The number of nitrogens with zero attached hydrogens (tertiary/aromatic N) is 1. The van der Waals surface area contributed by atoms with Gasteiger partial charge in [0, 0.05) is 22.6 Å². The van der Waals surface area contributed by atoms with Gasteiger partial charge in [0.2, 0.25) is 0 Å². The zero-order valence-electron chi connectivity index (χ0n) is 10.8. The Morgan fingerprint density at radius 2 is 2.05 bits per heavy atom. The number of aryl methyl sites for hydroxylation is 1. The van der Waals surface area contributed by atoms with Gasteiger partial charge in [0.1, 0.15) is 11.4 Å². The molecule has 2 N–H and O–H groups in total. The van der Waals surface area contributed by atoms with E-state index in [1.807, 2.05) is 6.92 Å². The summed E-state index contributed by atoms with van der Waals surface area (Å²) in [5, 5.41) is 23.7. The zero-order chi connectivity index (χ0) is 14.7. The summed E-state index contributed by atoms with van der Waals surface area (Å²) in [6.45, 7) is 2.17. The number of halogens is 1.